The Morgan fingerprint density at radius 2 is 2.35 bits per heavy atom. The van der Waals surface area contributed by atoms with Gasteiger partial charge in [0.15, 0.2) is 0 Å². The van der Waals surface area contributed by atoms with Crippen LogP contribution in [0.15, 0.2) is 12.5 Å². The fraction of sp³-hybridized carbons (Fsp3) is 0.692. The molecule has 1 aliphatic heterocycles. The van der Waals surface area contributed by atoms with Crippen molar-refractivity contribution < 1.29 is 4.79 Å². The Labute approximate surface area is 102 Å². The van der Waals surface area contributed by atoms with Crippen molar-refractivity contribution in [2.45, 2.75) is 45.1 Å². The van der Waals surface area contributed by atoms with E-state index < -0.39 is 0 Å². The van der Waals surface area contributed by atoms with Crippen molar-refractivity contribution >= 4 is 5.91 Å². The average molecular weight is 235 g/mol. The zero-order valence-corrected chi connectivity index (χ0v) is 10.9. The zero-order valence-electron chi connectivity index (χ0n) is 10.9. The van der Waals surface area contributed by atoms with E-state index in [1.165, 1.54) is 5.69 Å². The molecule has 4 heteroatoms. The van der Waals surface area contributed by atoms with Gasteiger partial charge in [-0.1, -0.05) is 13.8 Å². The van der Waals surface area contributed by atoms with Gasteiger partial charge in [0, 0.05) is 37.3 Å². The molecule has 0 radical (unpaired) electrons. The highest BCUT2D eigenvalue weighted by molar-refractivity contribution is 5.79. The summed E-state index contributed by atoms with van der Waals surface area (Å²) < 4.78 is 2.03. The van der Waals surface area contributed by atoms with Crippen molar-refractivity contribution in [1.82, 2.24) is 14.9 Å². The maximum Gasteiger partial charge on any atom is 0.220 e. The van der Waals surface area contributed by atoms with Gasteiger partial charge in [-0.2, -0.15) is 0 Å². The van der Waals surface area contributed by atoms with E-state index in [9.17, 15) is 4.79 Å². The number of carbonyl (C=O) groups excluding carboxylic acids is 1. The van der Waals surface area contributed by atoms with Crippen LogP contribution in [0, 0.1) is 5.92 Å². The molecular formula is C13H21N3O. The van der Waals surface area contributed by atoms with E-state index in [1.807, 2.05) is 24.1 Å². The molecule has 1 saturated heterocycles. The van der Waals surface area contributed by atoms with Gasteiger partial charge in [0.2, 0.25) is 5.91 Å². The number of nitrogens with zero attached hydrogens (tertiary/aromatic N) is 2. The molecular weight excluding hydrogens is 214 g/mol. The largest absolute Gasteiger partial charge is 0.350 e. The molecule has 1 aromatic heterocycles. The van der Waals surface area contributed by atoms with E-state index in [-0.39, 0.29) is 11.4 Å². The van der Waals surface area contributed by atoms with Crippen LogP contribution in [-0.2, 0) is 18.3 Å². The summed E-state index contributed by atoms with van der Waals surface area (Å²) in [5.74, 6) is 0.773. The van der Waals surface area contributed by atoms with Gasteiger partial charge in [-0.05, 0) is 18.8 Å². The number of aromatic nitrogens is 2. The lowest BCUT2D eigenvalue weighted by Gasteiger charge is -2.31. The highest BCUT2D eigenvalue weighted by Gasteiger charge is 2.38. The number of hydrogen-bond donors (Lipinski definition) is 1. The summed E-state index contributed by atoms with van der Waals surface area (Å²) in [7, 11) is 2.00. The first-order valence-electron chi connectivity index (χ1n) is 6.27. The van der Waals surface area contributed by atoms with Gasteiger partial charge in [0.05, 0.1) is 6.33 Å². The highest BCUT2D eigenvalue weighted by atomic mass is 16.2. The van der Waals surface area contributed by atoms with E-state index in [2.05, 4.69) is 24.1 Å². The summed E-state index contributed by atoms with van der Waals surface area (Å²) in [4.78, 5) is 15.7. The van der Waals surface area contributed by atoms with Gasteiger partial charge in [-0.25, -0.2) is 4.98 Å². The predicted molar refractivity (Wildman–Crippen MR) is 66.5 cm³/mol. The van der Waals surface area contributed by atoms with E-state index in [0.717, 1.165) is 19.3 Å². The van der Waals surface area contributed by atoms with Gasteiger partial charge >= 0.3 is 0 Å². The first-order chi connectivity index (χ1) is 8.01. The topological polar surface area (TPSA) is 46.9 Å². The minimum atomic E-state index is -0.0565. The van der Waals surface area contributed by atoms with Crippen molar-refractivity contribution in [1.29, 1.82) is 0 Å². The van der Waals surface area contributed by atoms with Crippen LogP contribution in [0.2, 0.25) is 0 Å². The average Bonchev–Trinajstić information content (AvgIpc) is 2.75. The van der Waals surface area contributed by atoms with Crippen molar-refractivity contribution in [3.05, 3.63) is 18.2 Å². The maximum absolute atomic E-state index is 11.5. The van der Waals surface area contributed by atoms with Crippen molar-refractivity contribution in [2.75, 3.05) is 0 Å². The number of amides is 1. The van der Waals surface area contributed by atoms with Crippen LogP contribution < -0.4 is 5.32 Å². The predicted octanol–water partition coefficient (Wildman–Crippen LogP) is 1.66. The molecule has 0 bridgehead atoms. The molecule has 0 aromatic carbocycles. The van der Waals surface area contributed by atoms with Crippen LogP contribution in [-0.4, -0.2) is 21.0 Å². The van der Waals surface area contributed by atoms with E-state index >= 15 is 0 Å². The SMILES string of the molecule is CC(C)CC1(Cc2cncn2C)CCC(=O)N1. The smallest absolute Gasteiger partial charge is 0.220 e. The monoisotopic (exact) mass is 235 g/mol. The van der Waals surface area contributed by atoms with Gasteiger partial charge in [0.1, 0.15) is 0 Å². The Morgan fingerprint density at radius 3 is 2.82 bits per heavy atom. The normalized spacial score (nSPS) is 24.4. The third kappa shape index (κ3) is 2.68. The first-order valence-corrected chi connectivity index (χ1v) is 6.27. The van der Waals surface area contributed by atoms with E-state index in [0.29, 0.717) is 12.3 Å². The van der Waals surface area contributed by atoms with Crippen LogP contribution in [0.4, 0.5) is 0 Å². The van der Waals surface area contributed by atoms with Gasteiger partial charge in [-0.15, -0.1) is 0 Å². The summed E-state index contributed by atoms with van der Waals surface area (Å²) in [5.41, 5.74) is 1.13. The molecule has 1 amide bonds. The van der Waals surface area contributed by atoms with Gasteiger partial charge < -0.3 is 9.88 Å². The number of aryl methyl sites for hydroxylation is 1. The minimum absolute atomic E-state index is 0.0565. The second kappa shape index (κ2) is 4.51. The first kappa shape index (κ1) is 12.1. The van der Waals surface area contributed by atoms with Crippen LogP contribution in [0.25, 0.3) is 0 Å². The van der Waals surface area contributed by atoms with Crippen molar-refractivity contribution in [3.63, 3.8) is 0 Å². The molecule has 1 fully saturated rings. The second-order valence-corrected chi connectivity index (χ2v) is 5.60. The van der Waals surface area contributed by atoms with Crippen LogP contribution in [0.3, 0.4) is 0 Å². The molecule has 1 unspecified atom stereocenters. The molecule has 1 N–H and O–H groups in total. The summed E-state index contributed by atoms with van der Waals surface area (Å²) in [5, 5.41) is 3.18. The lowest BCUT2D eigenvalue weighted by atomic mass is 9.83. The fourth-order valence-corrected chi connectivity index (χ4v) is 2.81. The number of nitrogens with one attached hydrogen (secondary N) is 1. The summed E-state index contributed by atoms with van der Waals surface area (Å²) in [6, 6.07) is 0. The summed E-state index contributed by atoms with van der Waals surface area (Å²) in [6.07, 6.45) is 7.22. The quantitative estimate of drug-likeness (QED) is 0.862. The molecule has 1 aliphatic rings. The third-order valence-corrected chi connectivity index (χ3v) is 3.47. The fourth-order valence-electron chi connectivity index (χ4n) is 2.81. The number of hydrogen-bond acceptors (Lipinski definition) is 2. The molecule has 0 spiro atoms. The van der Waals surface area contributed by atoms with E-state index in [1.54, 1.807) is 0 Å². The zero-order chi connectivity index (χ0) is 12.5. The Hall–Kier alpha value is -1.32. The molecule has 94 valence electrons. The van der Waals surface area contributed by atoms with Crippen LogP contribution >= 0.6 is 0 Å². The minimum Gasteiger partial charge on any atom is -0.350 e. The molecule has 0 saturated carbocycles. The van der Waals surface area contributed by atoms with Crippen LogP contribution in [0.1, 0.15) is 38.8 Å². The highest BCUT2D eigenvalue weighted by Crippen LogP contribution is 2.30. The Balaban J connectivity index is 2.17. The van der Waals surface area contributed by atoms with Crippen molar-refractivity contribution in [3.8, 4) is 0 Å². The van der Waals surface area contributed by atoms with Crippen molar-refractivity contribution in [2.24, 2.45) is 13.0 Å². The summed E-state index contributed by atoms with van der Waals surface area (Å²) in [6.45, 7) is 4.41. The van der Waals surface area contributed by atoms with Gasteiger partial charge in [-0.3, -0.25) is 4.79 Å². The van der Waals surface area contributed by atoms with Gasteiger partial charge in [0.25, 0.3) is 0 Å². The summed E-state index contributed by atoms with van der Waals surface area (Å²) >= 11 is 0. The lowest BCUT2D eigenvalue weighted by Crippen LogP contribution is -2.45. The third-order valence-electron chi connectivity index (χ3n) is 3.47. The number of carbonyl (C=O) groups is 1. The number of rotatable bonds is 4. The molecule has 1 atom stereocenters. The molecule has 1 aromatic rings. The lowest BCUT2D eigenvalue weighted by molar-refractivity contribution is -0.119. The molecule has 2 rings (SSSR count). The molecule has 2 heterocycles. The molecule has 17 heavy (non-hydrogen) atoms. The standard InChI is InChI=1S/C13H21N3O/c1-10(2)6-13(5-4-12(17)15-13)7-11-8-14-9-16(11)3/h8-10H,4-7H2,1-3H3,(H,15,17). The van der Waals surface area contributed by atoms with E-state index in [4.69, 9.17) is 0 Å². The maximum atomic E-state index is 11.5. The van der Waals surface area contributed by atoms with Crippen LogP contribution in [0.5, 0.6) is 0 Å². The Morgan fingerprint density at radius 1 is 1.59 bits per heavy atom. The number of imidazole rings is 1. The Kier molecular flexibility index (Phi) is 3.22. The second-order valence-electron chi connectivity index (χ2n) is 5.60. The molecule has 0 aliphatic carbocycles. The molecule has 4 nitrogen and oxygen atoms in total. The Bertz CT molecular complexity index is 411.